The van der Waals surface area contributed by atoms with Crippen LogP contribution in [0.25, 0.3) is 0 Å². The molecular weight excluding hydrogens is 220 g/mol. The fourth-order valence-corrected chi connectivity index (χ4v) is 3.71. The van der Waals surface area contributed by atoms with Crippen molar-refractivity contribution < 1.29 is 4.79 Å². The van der Waals surface area contributed by atoms with E-state index < -0.39 is 0 Å². The molecule has 0 aromatic carbocycles. The summed E-state index contributed by atoms with van der Waals surface area (Å²) in [4.78, 5) is 11.9. The number of rotatable bonds is 3. The Morgan fingerprint density at radius 3 is 3.06 bits per heavy atom. The molecule has 16 heavy (non-hydrogen) atoms. The molecule has 0 aliphatic carbocycles. The Bertz CT molecular complexity index is 245. The van der Waals surface area contributed by atoms with Gasteiger partial charge in [0.25, 0.3) is 0 Å². The topological polar surface area (TPSA) is 41.1 Å². The van der Waals surface area contributed by atoms with Gasteiger partial charge in [-0.2, -0.15) is 11.8 Å². The maximum Gasteiger partial charge on any atom is 0.224 e. The highest BCUT2D eigenvalue weighted by molar-refractivity contribution is 8.00. The lowest BCUT2D eigenvalue weighted by atomic mass is 9.98. The van der Waals surface area contributed by atoms with Crippen molar-refractivity contribution in [3.05, 3.63) is 0 Å². The highest BCUT2D eigenvalue weighted by atomic mass is 32.2. The number of hydrogen-bond acceptors (Lipinski definition) is 3. The summed E-state index contributed by atoms with van der Waals surface area (Å²) in [6, 6.07) is 0. The molecule has 2 rings (SSSR count). The van der Waals surface area contributed by atoms with Crippen molar-refractivity contribution in [3.63, 3.8) is 0 Å². The molecule has 2 aliphatic rings. The van der Waals surface area contributed by atoms with Gasteiger partial charge in [0, 0.05) is 17.8 Å². The molecule has 0 spiro atoms. The average molecular weight is 242 g/mol. The van der Waals surface area contributed by atoms with E-state index in [0.717, 1.165) is 32.5 Å². The van der Waals surface area contributed by atoms with Crippen molar-refractivity contribution in [2.24, 2.45) is 5.92 Å². The predicted octanol–water partition coefficient (Wildman–Crippen LogP) is 1.39. The third kappa shape index (κ3) is 3.14. The Kier molecular flexibility index (Phi) is 4.14. The van der Waals surface area contributed by atoms with Crippen molar-refractivity contribution in [2.75, 3.05) is 25.4 Å². The summed E-state index contributed by atoms with van der Waals surface area (Å²) >= 11 is 2.00. The van der Waals surface area contributed by atoms with Gasteiger partial charge in [0.05, 0.1) is 5.92 Å². The van der Waals surface area contributed by atoms with Crippen molar-refractivity contribution >= 4 is 17.7 Å². The molecule has 1 amide bonds. The van der Waals surface area contributed by atoms with Crippen LogP contribution in [0.5, 0.6) is 0 Å². The summed E-state index contributed by atoms with van der Waals surface area (Å²) in [5, 5.41) is 6.42. The van der Waals surface area contributed by atoms with Crippen LogP contribution in [0.4, 0.5) is 0 Å². The van der Waals surface area contributed by atoms with E-state index in [-0.39, 0.29) is 16.6 Å². The summed E-state index contributed by atoms with van der Waals surface area (Å²) in [5.74, 6) is 1.70. The van der Waals surface area contributed by atoms with Crippen molar-refractivity contribution in [3.8, 4) is 0 Å². The molecule has 2 saturated heterocycles. The van der Waals surface area contributed by atoms with Gasteiger partial charge in [-0.3, -0.25) is 4.79 Å². The minimum Gasteiger partial charge on any atom is -0.354 e. The fraction of sp³-hybridized carbons (Fsp3) is 0.917. The second-order valence-electron chi connectivity index (χ2n) is 5.16. The number of carbonyl (C=O) groups is 1. The highest BCUT2D eigenvalue weighted by Crippen LogP contribution is 2.37. The standard InChI is InChI=1S/C12H22N2OS/c1-12(5-3-7-16-12)9-14-11(15)10-4-2-6-13-8-10/h10,13H,2-9H2,1H3,(H,14,15)/t10-,12?/m0/s1. The van der Waals surface area contributed by atoms with Crippen LogP contribution < -0.4 is 10.6 Å². The summed E-state index contributed by atoms with van der Waals surface area (Å²) < 4.78 is 0.289. The van der Waals surface area contributed by atoms with Crippen LogP contribution >= 0.6 is 11.8 Å². The number of carbonyl (C=O) groups excluding carboxylic acids is 1. The second-order valence-corrected chi connectivity index (χ2v) is 6.85. The van der Waals surface area contributed by atoms with Gasteiger partial charge in [0.15, 0.2) is 0 Å². The third-order valence-electron chi connectivity index (χ3n) is 3.60. The normalized spacial score (nSPS) is 34.9. The lowest BCUT2D eigenvalue weighted by molar-refractivity contribution is -0.125. The van der Waals surface area contributed by atoms with Gasteiger partial charge in [0.1, 0.15) is 0 Å². The number of amides is 1. The zero-order chi connectivity index (χ0) is 11.4. The number of thioether (sulfide) groups is 1. The Morgan fingerprint density at radius 1 is 1.56 bits per heavy atom. The van der Waals surface area contributed by atoms with Crippen molar-refractivity contribution in [1.29, 1.82) is 0 Å². The smallest absolute Gasteiger partial charge is 0.224 e. The van der Waals surface area contributed by atoms with Gasteiger partial charge >= 0.3 is 0 Å². The van der Waals surface area contributed by atoms with Crippen molar-refractivity contribution in [2.45, 2.75) is 37.4 Å². The SMILES string of the molecule is CC1(CNC(=O)[C@H]2CCCNC2)CCCS1. The maximum absolute atomic E-state index is 11.9. The van der Waals surface area contributed by atoms with Gasteiger partial charge < -0.3 is 10.6 Å². The molecule has 0 aromatic rings. The van der Waals surface area contributed by atoms with Crippen molar-refractivity contribution in [1.82, 2.24) is 10.6 Å². The summed E-state index contributed by atoms with van der Waals surface area (Å²) in [6.07, 6.45) is 4.70. The molecular formula is C12H22N2OS. The van der Waals surface area contributed by atoms with Crippen LogP contribution in [-0.4, -0.2) is 36.0 Å². The Hall–Kier alpha value is -0.220. The fourth-order valence-electron chi connectivity index (χ4n) is 2.47. The van der Waals surface area contributed by atoms with Gasteiger partial charge in [-0.25, -0.2) is 0 Å². The van der Waals surface area contributed by atoms with E-state index >= 15 is 0 Å². The van der Waals surface area contributed by atoms with Crippen LogP contribution in [0, 0.1) is 5.92 Å². The summed E-state index contributed by atoms with van der Waals surface area (Å²) in [5.41, 5.74) is 0. The van der Waals surface area contributed by atoms with E-state index in [1.807, 2.05) is 11.8 Å². The van der Waals surface area contributed by atoms with Crippen LogP contribution in [0.3, 0.4) is 0 Å². The quantitative estimate of drug-likeness (QED) is 0.786. The third-order valence-corrected chi connectivity index (χ3v) is 5.14. The Morgan fingerprint density at radius 2 is 2.44 bits per heavy atom. The highest BCUT2D eigenvalue weighted by Gasteiger charge is 2.30. The second kappa shape index (κ2) is 5.41. The van der Waals surface area contributed by atoms with Gasteiger partial charge in [0.2, 0.25) is 5.91 Å². The maximum atomic E-state index is 11.9. The zero-order valence-electron chi connectivity index (χ0n) is 10.1. The molecule has 2 heterocycles. The number of hydrogen-bond donors (Lipinski definition) is 2. The number of piperidine rings is 1. The first-order valence-corrected chi connectivity index (χ1v) is 7.31. The van der Waals surface area contributed by atoms with Crippen LogP contribution in [0.15, 0.2) is 0 Å². The molecule has 0 bridgehead atoms. The van der Waals surface area contributed by atoms with E-state index in [0.29, 0.717) is 0 Å². The lowest BCUT2D eigenvalue weighted by Gasteiger charge is -2.26. The van der Waals surface area contributed by atoms with E-state index in [2.05, 4.69) is 17.6 Å². The van der Waals surface area contributed by atoms with Gasteiger partial charge in [-0.1, -0.05) is 0 Å². The Labute approximate surface area is 102 Å². The molecule has 2 N–H and O–H groups in total. The van der Waals surface area contributed by atoms with E-state index in [9.17, 15) is 4.79 Å². The molecule has 3 nitrogen and oxygen atoms in total. The van der Waals surface area contributed by atoms with E-state index in [4.69, 9.17) is 0 Å². The molecule has 4 heteroatoms. The van der Waals surface area contributed by atoms with E-state index in [1.165, 1.54) is 18.6 Å². The molecule has 2 fully saturated rings. The number of nitrogens with one attached hydrogen (secondary N) is 2. The summed E-state index contributed by atoms with van der Waals surface area (Å²) in [6.45, 7) is 5.03. The molecule has 0 radical (unpaired) electrons. The first-order chi connectivity index (χ1) is 7.70. The monoisotopic (exact) mass is 242 g/mol. The lowest BCUT2D eigenvalue weighted by Crippen LogP contribution is -2.44. The molecule has 2 atom stereocenters. The van der Waals surface area contributed by atoms with Gasteiger partial charge in [-0.15, -0.1) is 0 Å². The largest absolute Gasteiger partial charge is 0.354 e. The molecule has 0 saturated carbocycles. The Balaban J connectivity index is 1.74. The van der Waals surface area contributed by atoms with Crippen LogP contribution in [-0.2, 0) is 4.79 Å². The van der Waals surface area contributed by atoms with Crippen LogP contribution in [0.1, 0.15) is 32.6 Å². The summed E-state index contributed by atoms with van der Waals surface area (Å²) in [7, 11) is 0. The minimum atomic E-state index is 0.198. The first-order valence-electron chi connectivity index (χ1n) is 6.32. The van der Waals surface area contributed by atoms with Crippen LogP contribution in [0.2, 0.25) is 0 Å². The predicted molar refractivity (Wildman–Crippen MR) is 68.7 cm³/mol. The first kappa shape index (κ1) is 12.2. The molecule has 1 unspecified atom stereocenters. The average Bonchev–Trinajstić information content (AvgIpc) is 2.75. The molecule has 0 aromatic heterocycles. The molecule has 2 aliphatic heterocycles. The minimum absolute atomic E-state index is 0.198. The van der Waals surface area contributed by atoms with Gasteiger partial charge in [-0.05, 0) is 44.9 Å². The zero-order valence-corrected chi connectivity index (χ0v) is 10.9. The van der Waals surface area contributed by atoms with E-state index in [1.54, 1.807) is 0 Å². The molecule has 92 valence electrons.